The zero-order chi connectivity index (χ0) is 13.9. The fraction of sp³-hybridized carbons (Fsp3) is 0.538. The minimum Gasteiger partial charge on any atom is -0.393 e. The molecule has 18 heavy (non-hydrogen) atoms. The summed E-state index contributed by atoms with van der Waals surface area (Å²) in [6.45, 7) is 7.06. The number of nitrogens with zero attached hydrogens (tertiary/aromatic N) is 2. The van der Waals surface area contributed by atoms with Gasteiger partial charge in [-0.2, -0.15) is 0 Å². The molecule has 5 heteroatoms. The summed E-state index contributed by atoms with van der Waals surface area (Å²) in [5, 5.41) is 10.8. The summed E-state index contributed by atoms with van der Waals surface area (Å²) in [4.78, 5) is 12.5. The van der Waals surface area contributed by atoms with Crippen molar-refractivity contribution in [1.82, 2.24) is 4.90 Å². The first-order chi connectivity index (χ1) is 8.34. The number of para-hydroxylation sites is 1. The van der Waals surface area contributed by atoms with Crippen LogP contribution in [0.15, 0.2) is 18.2 Å². The van der Waals surface area contributed by atoms with Gasteiger partial charge in [-0.15, -0.1) is 0 Å². The summed E-state index contributed by atoms with van der Waals surface area (Å²) in [6, 6.07) is 5.34. The van der Waals surface area contributed by atoms with E-state index in [2.05, 4.69) is 25.7 Å². The highest BCUT2D eigenvalue weighted by Gasteiger charge is 2.18. The van der Waals surface area contributed by atoms with E-state index < -0.39 is 4.92 Å². The Labute approximate surface area is 108 Å². The van der Waals surface area contributed by atoms with Crippen LogP contribution in [0.5, 0.6) is 0 Å². The van der Waals surface area contributed by atoms with Crippen LogP contribution in [0.3, 0.4) is 0 Å². The third-order valence-corrected chi connectivity index (χ3v) is 3.45. The Morgan fingerprint density at radius 2 is 2.00 bits per heavy atom. The van der Waals surface area contributed by atoms with Gasteiger partial charge in [-0.25, -0.2) is 0 Å². The summed E-state index contributed by atoms with van der Waals surface area (Å²) in [7, 11) is 2.00. The van der Waals surface area contributed by atoms with Crippen LogP contribution in [-0.2, 0) is 6.54 Å². The smallest absolute Gasteiger partial charge is 0.292 e. The maximum atomic E-state index is 10.8. The second-order valence-corrected chi connectivity index (χ2v) is 5.01. The van der Waals surface area contributed by atoms with Crippen molar-refractivity contribution >= 4 is 11.4 Å². The highest BCUT2D eigenvalue weighted by Crippen LogP contribution is 2.26. The lowest BCUT2D eigenvalue weighted by Gasteiger charge is -2.28. The van der Waals surface area contributed by atoms with Gasteiger partial charge in [0.05, 0.1) is 4.92 Å². The summed E-state index contributed by atoms with van der Waals surface area (Å²) >= 11 is 0. The molecule has 0 aromatic heterocycles. The molecule has 0 spiro atoms. The maximum absolute atomic E-state index is 10.8. The molecular weight excluding hydrogens is 230 g/mol. The standard InChI is InChI=1S/C13H21N3O2/c1-9(2)10(3)15(4)8-11-6-5-7-12(13(11)14)16(17)18/h5-7,9-10H,8,14H2,1-4H3. The van der Waals surface area contributed by atoms with Crippen LogP contribution in [0, 0.1) is 16.0 Å². The third-order valence-electron chi connectivity index (χ3n) is 3.45. The van der Waals surface area contributed by atoms with Gasteiger partial charge in [0, 0.05) is 18.7 Å². The molecule has 100 valence electrons. The lowest BCUT2D eigenvalue weighted by molar-refractivity contribution is -0.384. The molecule has 0 heterocycles. The Kier molecular flexibility index (Phi) is 4.67. The van der Waals surface area contributed by atoms with Gasteiger partial charge >= 0.3 is 0 Å². The normalized spacial score (nSPS) is 13.0. The second-order valence-electron chi connectivity index (χ2n) is 5.01. The predicted molar refractivity (Wildman–Crippen MR) is 73.3 cm³/mol. The zero-order valence-electron chi connectivity index (χ0n) is 11.4. The van der Waals surface area contributed by atoms with Crippen LogP contribution >= 0.6 is 0 Å². The molecule has 1 aromatic rings. The average Bonchev–Trinajstić information content (AvgIpc) is 2.30. The number of hydrogen-bond donors (Lipinski definition) is 1. The van der Waals surface area contributed by atoms with Crippen LogP contribution < -0.4 is 5.73 Å². The van der Waals surface area contributed by atoms with Gasteiger partial charge in [-0.1, -0.05) is 26.0 Å². The van der Waals surface area contributed by atoms with E-state index in [1.54, 1.807) is 6.07 Å². The van der Waals surface area contributed by atoms with E-state index >= 15 is 0 Å². The Morgan fingerprint density at radius 1 is 1.39 bits per heavy atom. The minimum absolute atomic E-state index is 0.0156. The SMILES string of the molecule is CC(C)C(C)N(C)Cc1cccc([N+](=O)[O-])c1N. The number of rotatable bonds is 5. The van der Waals surface area contributed by atoms with Crippen molar-refractivity contribution < 1.29 is 4.92 Å². The quantitative estimate of drug-likeness (QED) is 0.496. The molecule has 2 N–H and O–H groups in total. The van der Waals surface area contributed by atoms with E-state index in [0.717, 1.165) is 5.56 Å². The second kappa shape index (κ2) is 5.82. The van der Waals surface area contributed by atoms with Gasteiger partial charge in [-0.05, 0) is 25.5 Å². The van der Waals surface area contributed by atoms with Crippen molar-refractivity contribution in [2.24, 2.45) is 5.92 Å². The Hall–Kier alpha value is -1.62. The van der Waals surface area contributed by atoms with Crippen LogP contribution in [0.2, 0.25) is 0 Å². The number of nitrogens with two attached hydrogens (primary N) is 1. The summed E-state index contributed by atoms with van der Waals surface area (Å²) in [5.41, 5.74) is 6.90. The monoisotopic (exact) mass is 251 g/mol. The van der Waals surface area contributed by atoms with E-state index in [-0.39, 0.29) is 11.4 Å². The Bertz CT molecular complexity index is 432. The Morgan fingerprint density at radius 3 is 2.50 bits per heavy atom. The number of nitro benzene ring substituents is 1. The lowest BCUT2D eigenvalue weighted by atomic mass is 10.0. The molecule has 0 aliphatic heterocycles. The Balaban J connectivity index is 2.92. The molecule has 1 unspecified atom stereocenters. The molecule has 0 aliphatic carbocycles. The van der Waals surface area contributed by atoms with Crippen molar-refractivity contribution in [2.75, 3.05) is 12.8 Å². The molecule has 1 rings (SSSR count). The minimum atomic E-state index is -0.440. The third kappa shape index (κ3) is 3.20. The van der Waals surface area contributed by atoms with Crippen molar-refractivity contribution in [3.05, 3.63) is 33.9 Å². The van der Waals surface area contributed by atoms with E-state index in [9.17, 15) is 10.1 Å². The number of nitro groups is 1. The fourth-order valence-electron chi connectivity index (χ4n) is 1.82. The first kappa shape index (κ1) is 14.4. The molecule has 0 fully saturated rings. The molecule has 1 aromatic carbocycles. The topological polar surface area (TPSA) is 72.4 Å². The van der Waals surface area contributed by atoms with Crippen LogP contribution in [-0.4, -0.2) is 22.9 Å². The molecule has 0 saturated heterocycles. The van der Waals surface area contributed by atoms with Crippen LogP contribution in [0.4, 0.5) is 11.4 Å². The van der Waals surface area contributed by atoms with Gasteiger partial charge in [0.1, 0.15) is 5.69 Å². The number of benzene rings is 1. The molecule has 0 aliphatic rings. The van der Waals surface area contributed by atoms with E-state index in [1.807, 2.05) is 13.1 Å². The maximum Gasteiger partial charge on any atom is 0.292 e. The van der Waals surface area contributed by atoms with Gasteiger partial charge in [0.15, 0.2) is 0 Å². The first-order valence-electron chi connectivity index (χ1n) is 6.06. The molecular formula is C13H21N3O2. The summed E-state index contributed by atoms with van der Waals surface area (Å²) in [6.07, 6.45) is 0. The average molecular weight is 251 g/mol. The van der Waals surface area contributed by atoms with Crippen molar-refractivity contribution in [3.8, 4) is 0 Å². The largest absolute Gasteiger partial charge is 0.393 e. The van der Waals surface area contributed by atoms with E-state index in [0.29, 0.717) is 18.5 Å². The van der Waals surface area contributed by atoms with Crippen molar-refractivity contribution in [1.29, 1.82) is 0 Å². The van der Waals surface area contributed by atoms with Gasteiger partial charge < -0.3 is 5.73 Å². The number of nitrogen functional groups attached to an aromatic ring is 1. The predicted octanol–water partition coefficient (Wildman–Crippen LogP) is 2.65. The van der Waals surface area contributed by atoms with Crippen molar-refractivity contribution in [2.45, 2.75) is 33.4 Å². The van der Waals surface area contributed by atoms with Crippen LogP contribution in [0.25, 0.3) is 0 Å². The molecule has 0 saturated carbocycles. The molecule has 0 radical (unpaired) electrons. The summed E-state index contributed by atoms with van der Waals surface area (Å²) < 4.78 is 0. The van der Waals surface area contributed by atoms with Gasteiger partial charge in [0.25, 0.3) is 5.69 Å². The fourth-order valence-corrected chi connectivity index (χ4v) is 1.82. The first-order valence-corrected chi connectivity index (χ1v) is 6.06. The van der Waals surface area contributed by atoms with Crippen molar-refractivity contribution in [3.63, 3.8) is 0 Å². The lowest BCUT2D eigenvalue weighted by Crippen LogP contribution is -2.32. The van der Waals surface area contributed by atoms with Crippen LogP contribution in [0.1, 0.15) is 26.3 Å². The highest BCUT2D eigenvalue weighted by atomic mass is 16.6. The molecule has 0 bridgehead atoms. The zero-order valence-corrected chi connectivity index (χ0v) is 11.4. The number of anilines is 1. The molecule has 0 amide bonds. The van der Waals surface area contributed by atoms with E-state index in [1.165, 1.54) is 6.07 Å². The summed E-state index contributed by atoms with van der Waals surface area (Å²) in [5.74, 6) is 0.523. The van der Waals surface area contributed by atoms with Gasteiger partial charge in [-0.3, -0.25) is 15.0 Å². The number of hydrogen-bond acceptors (Lipinski definition) is 4. The molecule has 1 atom stereocenters. The highest BCUT2D eigenvalue weighted by molar-refractivity contribution is 5.62. The molecule has 5 nitrogen and oxygen atoms in total. The van der Waals surface area contributed by atoms with Gasteiger partial charge in [0.2, 0.25) is 0 Å². The van der Waals surface area contributed by atoms with E-state index in [4.69, 9.17) is 5.73 Å².